The predicted molar refractivity (Wildman–Crippen MR) is 120 cm³/mol. The van der Waals surface area contributed by atoms with Crippen molar-refractivity contribution in [1.29, 1.82) is 0 Å². The van der Waals surface area contributed by atoms with Crippen LogP contribution >= 0.6 is 0 Å². The minimum absolute atomic E-state index is 0.193. The van der Waals surface area contributed by atoms with E-state index >= 15 is 0 Å². The Bertz CT molecular complexity index is 940. The van der Waals surface area contributed by atoms with E-state index in [-0.39, 0.29) is 5.91 Å². The summed E-state index contributed by atoms with van der Waals surface area (Å²) in [4.78, 5) is 17.1. The number of carbonyl (C=O) groups excluding carboxylic acids is 1. The number of hydrogen-bond acceptors (Lipinski definition) is 5. The predicted octanol–water partition coefficient (Wildman–Crippen LogP) is 2.59. The van der Waals surface area contributed by atoms with Gasteiger partial charge in [0.2, 0.25) is 15.9 Å². The van der Waals surface area contributed by atoms with Crippen LogP contribution in [-0.2, 0) is 14.8 Å². The van der Waals surface area contributed by atoms with Crippen molar-refractivity contribution >= 4 is 27.3 Å². The molecule has 1 fully saturated rings. The molecular weight excluding hydrogens is 402 g/mol. The van der Waals surface area contributed by atoms with Crippen molar-refractivity contribution in [3.05, 3.63) is 54.6 Å². The summed E-state index contributed by atoms with van der Waals surface area (Å²) in [6.07, 6.45) is 1.13. The largest absolute Gasteiger partial charge is 0.494 e. The quantitative estimate of drug-likeness (QED) is 0.674. The Balaban J connectivity index is 1.72. The van der Waals surface area contributed by atoms with Crippen LogP contribution in [0.3, 0.4) is 0 Å². The average Bonchev–Trinajstić information content (AvgIpc) is 2.74. The highest BCUT2D eigenvalue weighted by molar-refractivity contribution is 7.92. The smallest absolute Gasteiger partial charge is 0.246 e. The van der Waals surface area contributed by atoms with E-state index < -0.39 is 16.1 Å². The lowest BCUT2D eigenvalue weighted by Crippen LogP contribution is -2.55. The van der Waals surface area contributed by atoms with Crippen molar-refractivity contribution in [2.75, 3.05) is 48.2 Å². The first-order valence-corrected chi connectivity index (χ1v) is 12.0. The Hall–Kier alpha value is -2.74. The topological polar surface area (TPSA) is 70.2 Å². The first-order chi connectivity index (χ1) is 14.3. The molecule has 2 aromatic rings. The van der Waals surface area contributed by atoms with E-state index in [9.17, 15) is 13.2 Å². The number of sulfonamides is 1. The number of carbonyl (C=O) groups is 1. The van der Waals surface area contributed by atoms with Crippen LogP contribution in [0.5, 0.6) is 5.75 Å². The standard InChI is InChI=1S/C22H29N3O4S/c1-4-29-21-12-10-20(11-13-21)25(30(3,27)28)18(2)22(26)24-16-14-23(15-17-24)19-8-6-5-7-9-19/h5-13,18H,4,14-17H2,1-3H3/t18-/m1/s1. The lowest BCUT2D eigenvalue weighted by Gasteiger charge is -2.39. The van der Waals surface area contributed by atoms with Crippen LogP contribution in [0.25, 0.3) is 0 Å². The van der Waals surface area contributed by atoms with Gasteiger partial charge in [-0.1, -0.05) is 18.2 Å². The van der Waals surface area contributed by atoms with E-state index in [0.717, 1.165) is 11.9 Å². The van der Waals surface area contributed by atoms with Gasteiger partial charge in [-0.3, -0.25) is 9.10 Å². The molecule has 0 saturated carbocycles. The van der Waals surface area contributed by atoms with Crippen molar-refractivity contribution in [3.63, 3.8) is 0 Å². The van der Waals surface area contributed by atoms with Crippen LogP contribution in [0.4, 0.5) is 11.4 Å². The summed E-state index contributed by atoms with van der Waals surface area (Å²) in [6.45, 7) is 6.59. The average molecular weight is 432 g/mol. The number of anilines is 2. The second kappa shape index (κ2) is 9.38. The zero-order valence-electron chi connectivity index (χ0n) is 17.7. The minimum atomic E-state index is -3.65. The third-order valence-corrected chi connectivity index (χ3v) is 6.42. The van der Waals surface area contributed by atoms with Crippen molar-refractivity contribution in [2.24, 2.45) is 0 Å². The normalized spacial score (nSPS) is 15.6. The molecule has 162 valence electrons. The molecule has 1 atom stereocenters. The SMILES string of the molecule is CCOc1ccc(N([C@H](C)C(=O)N2CCN(c3ccccc3)CC2)S(C)(=O)=O)cc1. The summed E-state index contributed by atoms with van der Waals surface area (Å²) in [7, 11) is -3.65. The maximum absolute atomic E-state index is 13.1. The van der Waals surface area contributed by atoms with Gasteiger partial charge in [-0.25, -0.2) is 8.42 Å². The summed E-state index contributed by atoms with van der Waals surface area (Å²) >= 11 is 0. The number of amides is 1. The van der Waals surface area contributed by atoms with Crippen molar-refractivity contribution in [2.45, 2.75) is 19.9 Å². The fourth-order valence-electron chi connectivity index (χ4n) is 3.75. The summed E-state index contributed by atoms with van der Waals surface area (Å²) < 4.78 is 31.7. The molecule has 0 spiro atoms. The number of benzene rings is 2. The summed E-state index contributed by atoms with van der Waals surface area (Å²) in [5.74, 6) is 0.465. The molecule has 1 aliphatic rings. The van der Waals surface area contributed by atoms with Crippen LogP contribution in [0.15, 0.2) is 54.6 Å². The second-order valence-corrected chi connectivity index (χ2v) is 9.17. The van der Waals surface area contributed by atoms with Crippen molar-refractivity contribution in [1.82, 2.24) is 4.90 Å². The minimum Gasteiger partial charge on any atom is -0.494 e. The zero-order chi connectivity index (χ0) is 21.7. The molecule has 7 nitrogen and oxygen atoms in total. The van der Waals surface area contributed by atoms with E-state index in [0.29, 0.717) is 44.2 Å². The summed E-state index contributed by atoms with van der Waals surface area (Å²) in [5.41, 5.74) is 1.58. The molecule has 3 rings (SSSR count). The van der Waals surface area contributed by atoms with Gasteiger partial charge in [0.25, 0.3) is 0 Å². The molecule has 1 heterocycles. The highest BCUT2D eigenvalue weighted by Gasteiger charge is 2.33. The second-order valence-electron chi connectivity index (χ2n) is 7.31. The zero-order valence-corrected chi connectivity index (χ0v) is 18.5. The van der Waals surface area contributed by atoms with E-state index in [1.54, 1.807) is 36.1 Å². The third-order valence-electron chi connectivity index (χ3n) is 5.18. The Morgan fingerprint density at radius 3 is 2.17 bits per heavy atom. The molecule has 0 aromatic heterocycles. The Kier molecular flexibility index (Phi) is 6.87. The fraction of sp³-hybridized carbons (Fsp3) is 0.409. The highest BCUT2D eigenvalue weighted by atomic mass is 32.2. The van der Waals surface area contributed by atoms with E-state index in [2.05, 4.69) is 17.0 Å². The first kappa shape index (κ1) is 22.0. The Labute approximate surface area is 178 Å². The molecule has 30 heavy (non-hydrogen) atoms. The summed E-state index contributed by atoms with van der Waals surface area (Å²) in [6, 6.07) is 16.0. The number of para-hydroxylation sites is 1. The molecule has 0 aliphatic carbocycles. The number of nitrogens with zero attached hydrogens (tertiary/aromatic N) is 3. The summed E-state index contributed by atoms with van der Waals surface area (Å²) in [5, 5.41) is 0. The molecule has 1 saturated heterocycles. The molecule has 0 bridgehead atoms. The Morgan fingerprint density at radius 2 is 1.63 bits per heavy atom. The van der Waals surface area contributed by atoms with Crippen LogP contribution < -0.4 is 13.9 Å². The van der Waals surface area contributed by atoms with Gasteiger partial charge in [0.1, 0.15) is 11.8 Å². The van der Waals surface area contributed by atoms with Gasteiger partial charge in [-0.15, -0.1) is 0 Å². The molecule has 2 aromatic carbocycles. The van der Waals surface area contributed by atoms with Crippen LogP contribution in [-0.4, -0.2) is 64.3 Å². The van der Waals surface area contributed by atoms with Crippen LogP contribution in [0.1, 0.15) is 13.8 Å². The lowest BCUT2D eigenvalue weighted by atomic mass is 10.2. The third kappa shape index (κ3) is 5.05. The highest BCUT2D eigenvalue weighted by Crippen LogP contribution is 2.25. The molecule has 8 heteroatoms. The van der Waals surface area contributed by atoms with Crippen LogP contribution in [0.2, 0.25) is 0 Å². The molecule has 1 amide bonds. The van der Waals surface area contributed by atoms with E-state index in [1.165, 1.54) is 4.31 Å². The lowest BCUT2D eigenvalue weighted by molar-refractivity contribution is -0.132. The van der Waals surface area contributed by atoms with Crippen LogP contribution in [0, 0.1) is 0 Å². The molecule has 1 aliphatic heterocycles. The van der Waals surface area contributed by atoms with Gasteiger partial charge in [0, 0.05) is 31.9 Å². The van der Waals surface area contributed by atoms with Gasteiger partial charge in [-0.05, 0) is 50.2 Å². The molecular formula is C22H29N3O4S. The van der Waals surface area contributed by atoms with Gasteiger partial charge in [-0.2, -0.15) is 0 Å². The van der Waals surface area contributed by atoms with Gasteiger partial charge in [0.15, 0.2) is 0 Å². The number of ether oxygens (including phenoxy) is 1. The molecule has 0 unspecified atom stereocenters. The maximum atomic E-state index is 13.1. The van der Waals surface area contributed by atoms with Gasteiger partial charge < -0.3 is 14.5 Å². The van der Waals surface area contributed by atoms with Crippen molar-refractivity contribution in [3.8, 4) is 5.75 Å². The Morgan fingerprint density at radius 1 is 1.03 bits per heavy atom. The van der Waals surface area contributed by atoms with E-state index in [4.69, 9.17) is 4.74 Å². The van der Waals surface area contributed by atoms with Gasteiger partial charge >= 0.3 is 0 Å². The van der Waals surface area contributed by atoms with Crippen molar-refractivity contribution < 1.29 is 17.9 Å². The van der Waals surface area contributed by atoms with Gasteiger partial charge in [0.05, 0.1) is 18.6 Å². The number of piperazine rings is 1. The molecule has 0 radical (unpaired) electrons. The first-order valence-electron chi connectivity index (χ1n) is 10.1. The number of hydrogen-bond donors (Lipinski definition) is 0. The molecule has 0 N–H and O–H groups in total. The van der Waals surface area contributed by atoms with E-state index in [1.807, 2.05) is 25.1 Å². The monoisotopic (exact) mass is 431 g/mol. The number of rotatable bonds is 7. The maximum Gasteiger partial charge on any atom is 0.246 e. The fourth-order valence-corrected chi connectivity index (χ4v) is 4.92.